The van der Waals surface area contributed by atoms with Crippen molar-refractivity contribution >= 4 is 11.9 Å². The molecule has 0 saturated heterocycles. The Morgan fingerprint density at radius 2 is 2.07 bits per heavy atom. The Hall–Kier alpha value is -1.26. The van der Waals surface area contributed by atoms with Gasteiger partial charge in [0.2, 0.25) is 0 Å². The molecule has 0 heterocycles. The van der Waals surface area contributed by atoms with Gasteiger partial charge in [0.15, 0.2) is 5.96 Å². The number of esters is 1. The predicted molar refractivity (Wildman–Crippen MR) is 55.0 cm³/mol. The minimum atomic E-state index is -0.162. The number of carbonyl (C=O) groups is 1. The lowest BCUT2D eigenvalue weighted by molar-refractivity contribution is -0.140. The van der Waals surface area contributed by atoms with Gasteiger partial charge in [0, 0.05) is 20.0 Å². The molecule has 0 aliphatic heterocycles. The van der Waals surface area contributed by atoms with Crippen LogP contribution in [0, 0.1) is 5.41 Å². The zero-order chi connectivity index (χ0) is 11.0. The van der Waals surface area contributed by atoms with Crippen molar-refractivity contribution in [2.75, 3.05) is 20.7 Å². The number of unbranched alkanes of at least 4 members (excludes halogenated alkanes) is 2. The molecule has 5 heteroatoms. The van der Waals surface area contributed by atoms with Gasteiger partial charge in [-0.2, -0.15) is 0 Å². The van der Waals surface area contributed by atoms with E-state index in [0.29, 0.717) is 6.42 Å². The largest absolute Gasteiger partial charge is 0.469 e. The van der Waals surface area contributed by atoms with Gasteiger partial charge < -0.3 is 15.4 Å². The number of rotatable bonds is 6. The first-order valence-electron chi connectivity index (χ1n) is 4.70. The second-order valence-corrected chi connectivity index (χ2v) is 3.19. The van der Waals surface area contributed by atoms with E-state index in [-0.39, 0.29) is 11.9 Å². The highest BCUT2D eigenvalue weighted by Crippen LogP contribution is 2.01. The Morgan fingerprint density at radius 3 is 2.57 bits per heavy atom. The topological polar surface area (TPSA) is 79.4 Å². The third-order valence-electron chi connectivity index (χ3n) is 2.01. The lowest BCUT2D eigenvalue weighted by atomic mass is 10.2. The number of nitrogens with zero attached hydrogens (tertiary/aromatic N) is 1. The number of carbonyl (C=O) groups excluding carboxylic acids is 1. The molecule has 0 aromatic carbocycles. The molecule has 5 nitrogen and oxygen atoms in total. The minimum absolute atomic E-state index is 0.0815. The van der Waals surface area contributed by atoms with E-state index in [1.807, 2.05) is 0 Å². The van der Waals surface area contributed by atoms with E-state index in [1.165, 1.54) is 7.11 Å². The van der Waals surface area contributed by atoms with Crippen molar-refractivity contribution in [1.82, 2.24) is 4.90 Å². The van der Waals surface area contributed by atoms with Crippen molar-refractivity contribution in [3.8, 4) is 0 Å². The van der Waals surface area contributed by atoms with Crippen molar-refractivity contribution in [2.24, 2.45) is 5.73 Å². The highest BCUT2D eigenvalue weighted by Gasteiger charge is 2.01. The van der Waals surface area contributed by atoms with Crippen LogP contribution in [0.3, 0.4) is 0 Å². The summed E-state index contributed by atoms with van der Waals surface area (Å²) in [5.41, 5.74) is 5.26. The molecule has 0 spiro atoms. The minimum Gasteiger partial charge on any atom is -0.469 e. The molecule has 0 atom stereocenters. The van der Waals surface area contributed by atoms with Crippen LogP contribution in [0.2, 0.25) is 0 Å². The van der Waals surface area contributed by atoms with E-state index in [0.717, 1.165) is 25.8 Å². The maximum Gasteiger partial charge on any atom is 0.305 e. The van der Waals surface area contributed by atoms with Crippen LogP contribution in [0.5, 0.6) is 0 Å². The zero-order valence-corrected chi connectivity index (χ0v) is 8.88. The van der Waals surface area contributed by atoms with Gasteiger partial charge in [-0.05, 0) is 12.8 Å². The van der Waals surface area contributed by atoms with Gasteiger partial charge in [-0.1, -0.05) is 6.42 Å². The molecule has 0 aromatic heterocycles. The SMILES string of the molecule is COC(=O)CCCCCN(C)C(=N)N. The number of nitrogens with two attached hydrogens (primary N) is 1. The summed E-state index contributed by atoms with van der Waals surface area (Å²) < 4.78 is 4.51. The fourth-order valence-electron chi connectivity index (χ4n) is 1.02. The molecule has 0 fully saturated rings. The first-order chi connectivity index (χ1) is 6.57. The van der Waals surface area contributed by atoms with Gasteiger partial charge >= 0.3 is 5.97 Å². The van der Waals surface area contributed by atoms with Gasteiger partial charge in [-0.15, -0.1) is 0 Å². The Kier molecular flexibility index (Phi) is 6.53. The van der Waals surface area contributed by atoms with Crippen molar-refractivity contribution in [3.63, 3.8) is 0 Å². The number of hydrogen-bond donors (Lipinski definition) is 2. The first-order valence-corrected chi connectivity index (χ1v) is 4.70. The van der Waals surface area contributed by atoms with Crippen LogP contribution < -0.4 is 5.73 Å². The van der Waals surface area contributed by atoms with E-state index in [1.54, 1.807) is 11.9 Å². The molecule has 0 unspecified atom stereocenters. The summed E-state index contributed by atoms with van der Waals surface area (Å²) in [6, 6.07) is 0. The second-order valence-electron chi connectivity index (χ2n) is 3.19. The first kappa shape index (κ1) is 12.7. The van der Waals surface area contributed by atoms with Crippen LogP contribution >= 0.6 is 0 Å². The van der Waals surface area contributed by atoms with Crippen LogP contribution in [0.4, 0.5) is 0 Å². The highest BCUT2D eigenvalue weighted by atomic mass is 16.5. The van der Waals surface area contributed by atoms with Gasteiger partial charge in [0.25, 0.3) is 0 Å². The fraction of sp³-hybridized carbons (Fsp3) is 0.778. The number of guanidine groups is 1. The summed E-state index contributed by atoms with van der Waals surface area (Å²) in [6.07, 6.45) is 3.19. The van der Waals surface area contributed by atoms with Gasteiger partial charge in [0.05, 0.1) is 7.11 Å². The van der Waals surface area contributed by atoms with Crippen molar-refractivity contribution in [1.29, 1.82) is 5.41 Å². The van der Waals surface area contributed by atoms with Crippen LogP contribution in [0.15, 0.2) is 0 Å². The van der Waals surface area contributed by atoms with Gasteiger partial charge in [0.1, 0.15) is 0 Å². The monoisotopic (exact) mass is 201 g/mol. The molecule has 14 heavy (non-hydrogen) atoms. The zero-order valence-electron chi connectivity index (χ0n) is 8.88. The molecule has 0 radical (unpaired) electrons. The Morgan fingerprint density at radius 1 is 1.43 bits per heavy atom. The van der Waals surface area contributed by atoms with Crippen molar-refractivity contribution < 1.29 is 9.53 Å². The Balaban J connectivity index is 3.30. The molecule has 0 aromatic rings. The maximum atomic E-state index is 10.7. The Bertz CT molecular complexity index is 194. The smallest absolute Gasteiger partial charge is 0.305 e. The third-order valence-corrected chi connectivity index (χ3v) is 2.01. The molecule has 0 aliphatic rings. The molecule has 0 amide bonds. The quantitative estimate of drug-likeness (QED) is 0.284. The number of ether oxygens (including phenoxy) is 1. The van der Waals surface area contributed by atoms with Gasteiger partial charge in [-0.3, -0.25) is 10.2 Å². The molecule has 0 saturated carbocycles. The molecule has 0 aliphatic carbocycles. The normalized spacial score (nSPS) is 9.57. The summed E-state index contributed by atoms with van der Waals surface area (Å²) in [4.78, 5) is 12.4. The predicted octanol–water partition coefficient (Wildman–Crippen LogP) is 0.545. The average Bonchev–Trinajstić information content (AvgIpc) is 2.16. The number of hydrogen-bond acceptors (Lipinski definition) is 3. The number of methoxy groups -OCH3 is 1. The Labute approximate surface area is 84.7 Å². The van der Waals surface area contributed by atoms with Crippen molar-refractivity contribution in [3.05, 3.63) is 0 Å². The van der Waals surface area contributed by atoms with E-state index >= 15 is 0 Å². The van der Waals surface area contributed by atoms with Gasteiger partial charge in [-0.25, -0.2) is 0 Å². The molecule has 3 N–H and O–H groups in total. The summed E-state index contributed by atoms with van der Waals surface area (Å²) in [7, 11) is 3.18. The fourth-order valence-corrected chi connectivity index (χ4v) is 1.02. The van der Waals surface area contributed by atoms with Crippen molar-refractivity contribution in [2.45, 2.75) is 25.7 Å². The van der Waals surface area contributed by atoms with Crippen LogP contribution in [0.25, 0.3) is 0 Å². The highest BCUT2D eigenvalue weighted by molar-refractivity contribution is 5.74. The maximum absolute atomic E-state index is 10.7. The summed E-state index contributed by atoms with van der Waals surface area (Å²) in [5.74, 6) is -0.0807. The van der Waals surface area contributed by atoms with E-state index in [4.69, 9.17) is 11.1 Å². The summed E-state index contributed by atoms with van der Waals surface area (Å²) in [6.45, 7) is 0.760. The standard InChI is InChI=1S/C9H19N3O2/c1-12(9(10)11)7-5-3-4-6-8(13)14-2/h3-7H2,1-2H3,(H3,10,11). The molecular formula is C9H19N3O2. The van der Waals surface area contributed by atoms with E-state index < -0.39 is 0 Å². The summed E-state index contributed by atoms with van der Waals surface area (Å²) in [5, 5.41) is 7.11. The second kappa shape index (κ2) is 7.17. The molecule has 82 valence electrons. The average molecular weight is 201 g/mol. The summed E-state index contributed by atoms with van der Waals surface area (Å²) >= 11 is 0. The molecular weight excluding hydrogens is 182 g/mol. The van der Waals surface area contributed by atoms with Crippen LogP contribution in [0.1, 0.15) is 25.7 Å². The molecule has 0 bridgehead atoms. The lowest BCUT2D eigenvalue weighted by Gasteiger charge is -2.15. The van der Waals surface area contributed by atoms with Crippen LogP contribution in [-0.2, 0) is 9.53 Å². The van der Waals surface area contributed by atoms with Crippen LogP contribution in [-0.4, -0.2) is 37.5 Å². The van der Waals surface area contributed by atoms with E-state index in [9.17, 15) is 4.79 Å². The lowest BCUT2D eigenvalue weighted by Crippen LogP contribution is -2.33. The third kappa shape index (κ3) is 6.28. The molecule has 0 rings (SSSR count). The number of nitrogens with one attached hydrogen (secondary N) is 1. The van der Waals surface area contributed by atoms with E-state index in [2.05, 4.69) is 4.74 Å².